The molecule has 0 bridgehead atoms. The van der Waals surface area contributed by atoms with Crippen molar-refractivity contribution in [3.8, 4) is 0 Å². The number of hydrogen-bond acceptors (Lipinski definition) is 3. The van der Waals surface area contributed by atoms with E-state index in [0.717, 1.165) is 25.9 Å². The van der Waals surface area contributed by atoms with E-state index in [2.05, 4.69) is 41.4 Å². The number of nitrogens with zero attached hydrogens (tertiary/aromatic N) is 1. The lowest BCUT2D eigenvalue weighted by molar-refractivity contribution is 0.175. The van der Waals surface area contributed by atoms with Gasteiger partial charge in [-0.15, -0.1) is 0 Å². The molecule has 17 heavy (non-hydrogen) atoms. The number of aliphatic hydroxyl groups is 1. The Hall–Kier alpha value is -1.06. The van der Waals surface area contributed by atoms with E-state index in [1.54, 1.807) is 0 Å². The molecule has 0 spiro atoms. The topological polar surface area (TPSA) is 35.5 Å². The number of para-hydroxylation sites is 1. The average molecular weight is 234 g/mol. The van der Waals surface area contributed by atoms with E-state index in [9.17, 15) is 5.11 Å². The number of anilines is 1. The first-order valence-corrected chi connectivity index (χ1v) is 6.31. The van der Waals surface area contributed by atoms with Crippen molar-refractivity contribution in [2.24, 2.45) is 0 Å². The van der Waals surface area contributed by atoms with Gasteiger partial charge < -0.3 is 15.3 Å². The van der Waals surface area contributed by atoms with E-state index in [1.165, 1.54) is 11.3 Å². The van der Waals surface area contributed by atoms with Crippen molar-refractivity contribution in [1.82, 2.24) is 5.32 Å². The van der Waals surface area contributed by atoms with Gasteiger partial charge in [0.2, 0.25) is 0 Å². The smallest absolute Gasteiger partial charge is 0.0611 e. The molecule has 0 aliphatic carbocycles. The maximum Gasteiger partial charge on any atom is 0.0611 e. The minimum atomic E-state index is -0.169. The number of benzene rings is 1. The Bertz CT molecular complexity index is 374. The molecule has 1 atom stereocenters. The molecule has 1 aliphatic rings. The van der Waals surface area contributed by atoms with Gasteiger partial charge in [-0.2, -0.15) is 0 Å². The number of aliphatic hydroxyl groups excluding tert-OH is 1. The van der Waals surface area contributed by atoms with Gasteiger partial charge in [0.15, 0.2) is 0 Å². The largest absolute Gasteiger partial charge is 0.394 e. The minimum absolute atomic E-state index is 0.169. The zero-order valence-corrected chi connectivity index (χ0v) is 10.7. The van der Waals surface area contributed by atoms with Crippen LogP contribution in [0.5, 0.6) is 0 Å². The second-order valence-electron chi connectivity index (χ2n) is 5.08. The molecule has 0 fully saturated rings. The van der Waals surface area contributed by atoms with E-state index < -0.39 is 0 Å². The summed E-state index contributed by atoms with van der Waals surface area (Å²) in [5.41, 5.74) is 2.64. The molecule has 2 N–H and O–H groups in total. The highest BCUT2D eigenvalue weighted by Crippen LogP contribution is 2.28. The Kier molecular flexibility index (Phi) is 3.69. The third-order valence-corrected chi connectivity index (χ3v) is 3.87. The summed E-state index contributed by atoms with van der Waals surface area (Å²) in [6.45, 7) is 4.34. The van der Waals surface area contributed by atoms with Gasteiger partial charge in [-0.25, -0.2) is 0 Å². The molecule has 0 amide bonds. The monoisotopic (exact) mass is 234 g/mol. The zero-order valence-electron chi connectivity index (χ0n) is 10.7. The predicted molar refractivity (Wildman–Crippen MR) is 71.5 cm³/mol. The van der Waals surface area contributed by atoms with Crippen LogP contribution in [-0.4, -0.2) is 37.4 Å². The molecule has 94 valence electrons. The molecule has 1 unspecified atom stereocenters. The molecule has 0 aromatic heterocycles. The van der Waals surface area contributed by atoms with Crippen LogP contribution in [0.3, 0.4) is 0 Å². The van der Waals surface area contributed by atoms with E-state index in [-0.39, 0.29) is 12.1 Å². The SMILES string of the molecule is CNC(C)(CO)CCN1CCc2ccccc21. The molecule has 0 saturated heterocycles. The van der Waals surface area contributed by atoms with Crippen LogP contribution in [0.15, 0.2) is 24.3 Å². The minimum Gasteiger partial charge on any atom is -0.394 e. The normalized spacial score (nSPS) is 17.9. The van der Waals surface area contributed by atoms with Crippen molar-refractivity contribution in [3.63, 3.8) is 0 Å². The summed E-state index contributed by atoms with van der Waals surface area (Å²) >= 11 is 0. The summed E-state index contributed by atoms with van der Waals surface area (Å²) in [7, 11) is 1.91. The van der Waals surface area contributed by atoms with Gasteiger partial charge in [-0.3, -0.25) is 0 Å². The van der Waals surface area contributed by atoms with Crippen molar-refractivity contribution in [2.45, 2.75) is 25.3 Å². The number of rotatable bonds is 5. The van der Waals surface area contributed by atoms with Crippen LogP contribution in [0.1, 0.15) is 18.9 Å². The van der Waals surface area contributed by atoms with Crippen molar-refractivity contribution in [1.29, 1.82) is 0 Å². The summed E-state index contributed by atoms with van der Waals surface area (Å²) < 4.78 is 0. The van der Waals surface area contributed by atoms with Crippen molar-refractivity contribution >= 4 is 5.69 Å². The van der Waals surface area contributed by atoms with E-state index in [1.807, 2.05) is 7.05 Å². The molecule has 3 nitrogen and oxygen atoms in total. The summed E-state index contributed by atoms with van der Waals surface area (Å²) in [5, 5.41) is 12.6. The van der Waals surface area contributed by atoms with Crippen LogP contribution in [0.25, 0.3) is 0 Å². The van der Waals surface area contributed by atoms with Gasteiger partial charge in [-0.1, -0.05) is 18.2 Å². The Morgan fingerprint density at radius 1 is 1.41 bits per heavy atom. The van der Waals surface area contributed by atoms with Gasteiger partial charge in [-0.05, 0) is 38.4 Å². The Morgan fingerprint density at radius 2 is 2.18 bits per heavy atom. The Morgan fingerprint density at radius 3 is 2.88 bits per heavy atom. The number of likely N-dealkylation sites (N-methyl/N-ethyl adjacent to an activating group) is 1. The molecule has 0 saturated carbocycles. The van der Waals surface area contributed by atoms with E-state index >= 15 is 0 Å². The van der Waals surface area contributed by atoms with Gasteiger partial charge in [0.05, 0.1) is 6.61 Å². The third kappa shape index (κ3) is 2.61. The van der Waals surface area contributed by atoms with Gasteiger partial charge >= 0.3 is 0 Å². The number of fused-ring (bicyclic) bond motifs is 1. The maximum atomic E-state index is 9.37. The quantitative estimate of drug-likeness (QED) is 0.808. The van der Waals surface area contributed by atoms with E-state index in [4.69, 9.17) is 0 Å². The molecule has 2 rings (SSSR count). The summed E-state index contributed by atoms with van der Waals surface area (Å²) in [6, 6.07) is 8.60. The molecule has 1 heterocycles. The summed E-state index contributed by atoms with van der Waals surface area (Å²) in [6.07, 6.45) is 2.10. The highest BCUT2D eigenvalue weighted by atomic mass is 16.3. The van der Waals surface area contributed by atoms with Crippen LogP contribution in [-0.2, 0) is 6.42 Å². The number of nitrogens with one attached hydrogen (secondary N) is 1. The predicted octanol–water partition coefficient (Wildman–Crippen LogP) is 1.41. The molecule has 1 aromatic rings. The van der Waals surface area contributed by atoms with E-state index in [0.29, 0.717) is 0 Å². The van der Waals surface area contributed by atoms with Crippen molar-refractivity contribution in [2.75, 3.05) is 31.6 Å². The van der Waals surface area contributed by atoms with Crippen LogP contribution in [0, 0.1) is 0 Å². The molecule has 1 aromatic carbocycles. The lowest BCUT2D eigenvalue weighted by Gasteiger charge is -2.30. The fourth-order valence-electron chi connectivity index (χ4n) is 2.30. The fraction of sp³-hybridized carbons (Fsp3) is 0.571. The Balaban J connectivity index is 1.98. The second-order valence-corrected chi connectivity index (χ2v) is 5.08. The first kappa shape index (κ1) is 12.4. The van der Waals surface area contributed by atoms with Gasteiger partial charge in [0, 0.05) is 24.3 Å². The van der Waals surface area contributed by atoms with Crippen LogP contribution in [0.2, 0.25) is 0 Å². The second kappa shape index (κ2) is 5.07. The first-order valence-electron chi connectivity index (χ1n) is 6.31. The molecule has 1 aliphatic heterocycles. The molecular formula is C14H22N2O. The molecule has 0 radical (unpaired) electrons. The fourth-order valence-corrected chi connectivity index (χ4v) is 2.30. The lowest BCUT2D eigenvalue weighted by atomic mass is 9.99. The van der Waals surface area contributed by atoms with Gasteiger partial charge in [0.1, 0.15) is 0 Å². The average Bonchev–Trinajstić information content (AvgIpc) is 2.79. The van der Waals surface area contributed by atoms with Crippen molar-refractivity contribution < 1.29 is 5.11 Å². The summed E-state index contributed by atoms with van der Waals surface area (Å²) in [5.74, 6) is 0. The third-order valence-electron chi connectivity index (χ3n) is 3.87. The van der Waals surface area contributed by atoms with Crippen LogP contribution in [0.4, 0.5) is 5.69 Å². The van der Waals surface area contributed by atoms with Crippen LogP contribution >= 0.6 is 0 Å². The highest BCUT2D eigenvalue weighted by molar-refractivity contribution is 5.57. The molecular weight excluding hydrogens is 212 g/mol. The first-order chi connectivity index (χ1) is 8.18. The Labute approximate surface area is 103 Å². The molecule has 3 heteroatoms. The zero-order chi connectivity index (χ0) is 12.3. The lowest BCUT2D eigenvalue weighted by Crippen LogP contribution is -2.46. The van der Waals surface area contributed by atoms with Crippen molar-refractivity contribution in [3.05, 3.63) is 29.8 Å². The standard InChI is InChI=1S/C14H22N2O/c1-14(11-17,15-2)8-10-16-9-7-12-5-3-4-6-13(12)16/h3-6,15,17H,7-11H2,1-2H3. The highest BCUT2D eigenvalue weighted by Gasteiger charge is 2.24. The van der Waals surface area contributed by atoms with Gasteiger partial charge in [0.25, 0.3) is 0 Å². The maximum absolute atomic E-state index is 9.37. The van der Waals surface area contributed by atoms with Crippen LogP contribution < -0.4 is 10.2 Å². The number of hydrogen-bond donors (Lipinski definition) is 2. The summed E-state index contributed by atoms with van der Waals surface area (Å²) in [4.78, 5) is 2.42.